The first-order valence-electron chi connectivity index (χ1n) is 31.7. The number of allylic oxidation sites excluding steroid dienone is 5. The van der Waals surface area contributed by atoms with Gasteiger partial charge in [-0.15, -0.1) is 0 Å². The van der Waals surface area contributed by atoms with Gasteiger partial charge in [0.1, 0.15) is 24.4 Å². The number of amides is 1. The van der Waals surface area contributed by atoms with Crippen LogP contribution in [0.1, 0.15) is 309 Å². The normalized spacial score (nSPS) is 19.2. The van der Waals surface area contributed by atoms with Crippen LogP contribution in [0.5, 0.6) is 0 Å². The van der Waals surface area contributed by atoms with E-state index in [1.807, 2.05) is 6.08 Å². The summed E-state index contributed by atoms with van der Waals surface area (Å²) < 4.78 is 11.2. The standard InChI is InChI=1S/C64H121NO8/c1-3-5-7-9-11-13-15-16-17-18-19-20-21-22-23-24-25-26-27-28-29-30-31-32-33-34-35-36-37-38-39-40-41-42-44-46-48-50-52-54-60(68)65-57(56-72-64-63(71)62(70)61(69)59(55-66)73-64)58(67)53-51-49-47-45-43-14-12-10-8-6-4-2/h8,10,43,45,51,53,57-59,61-64,66-67,69-71H,3-7,9,11-42,44,46-50,52,54-56H2,1-2H3,(H,65,68)/b10-8+,45-43+,53-51+. The van der Waals surface area contributed by atoms with Gasteiger partial charge in [-0.25, -0.2) is 0 Å². The third-order valence-corrected chi connectivity index (χ3v) is 15.2. The van der Waals surface area contributed by atoms with Crippen LogP contribution in [0.3, 0.4) is 0 Å². The second-order valence-electron chi connectivity index (χ2n) is 22.2. The van der Waals surface area contributed by atoms with E-state index < -0.39 is 49.5 Å². The van der Waals surface area contributed by atoms with Crippen molar-refractivity contribution in [1.82, 2.24) is 5.32 Å². The number of ether oxygens (including phenoxy) is 2. The largest absolute Gasteiger partial charge is 0.394 e. The summed E-state index contributed by atoms with van der Waals surface area (Å²) in [5, 5.41) is 54.3. The van der Waals surface area contributed by atoms with E-state index in [2.05, 4.69) is 43.5 Å². The molecule has 0 bridgehead atoms. The van der Waals surface area contributed by atoms with E-state index in [0.29, 0.717) is 6.42 Å². The van der Waals surface area contributed by atoms with E-state index in [1.54, 1.807) is 6.08 Å². The van der Waals surface area contributed by atoms with Crippen molar-refractivity contribution in [2.75, 3.05) is 13.2 Å². The lowest BCUT2D eigenvalue weighted by molar-refractivity contribution is -0.302. The maximum atomic E-state index is 13.0. The van der Waals surface area contributed by atoms with Crippen LogP contribution in [0.15, 0.2) is 36.5 Å². The molecule has 430 valence electrons. The van der Waals surface area contributed by atoms with Gasteiger partial charge in [0.15, 0.2) is 6.29 Å². The van der Waals surface area contributed by atoms with Gasteiger partial charge in [0, 0.05) is 6.42 Å². The SMILES string of the molecule is CCC/C=C/CC/C=C/CC/C=C/C(O)C(COC1OC(CO)C(O)C(O)C1O)NC(=O)CCCCCCCCCCCCCCCCCCCCCCCCCCCCCCCCCCCCCCCCC. The Kier molecular flexibility index (Phi) is 51.2. The Bertz CT molecular complexity index is 1240. The highest BCUT2D eigenvalue weighted by Gasteiger charge is 2.44. The lowest BCUT2D eigenvalue weighted by Gasteiger charge is -2.40. The predicted molar refractivity (Wildman–Crippen MR) is 309 cm³/mol. The number of carbonyl (C=O) groups excluding carboxylic acids is 1. The lowest BCUT2D eigenvalue weighted by Crippen LogP contribution is -2.60. The second-order valence-corrected chi connectivity index (χ2v) is 22.2. The molecule has 1 saturated heterocycles. The molecule has 0 aromatic rings. The number of hydrogen-bond donors (Lipinski definition) is 6. The topological polar surface area (TPSA) is 149 Å². The van der Waals surface area contributed by atoms with Crippen molar-refractivity contribution in [1.29, 1.82) is 0 Å². The van der Waals surface area contributed by atoms with Crippen LogP contribution in [-0.4, -0.2) is 87.5 Å². The Balaban J connectivity index is 2.00. The Hall–Kier alpha value is -1.59. The summed E-state index contributed by atoms with van der Waals surface area (Å²) in [5.74, 6) is -0.188. The molecule has 0 radical (unpaired) electrons. The van der Waals surface area contributed by atoms with E-state index in [9.17, 15) is 30.3 Å². The van der Waals surface area contributed by atoms with Crippen LogP contribution in [0, 0.1) is 0 Å². The quantitative estimate of drug-likeness (QED) is 0.0261. The Morgan fingerprint density at radius 3 is 1.12 bits per heavy atom. The molecular weight excluding hydrogens is 911 g/mol. The van der Waals surface area contributed by atoms with Crippen LogP contribution in [-0.2, 0) is 14.3 Å². The summed E-state index contributed by atoms with van der Waals surface area (Å²) in [4.78, 5) is 13.0. The van der Waals surface area contributed by atoms with Crippen LogP contribution >= 0.6 is 0 Å². The van der Waals surface area contributed by atoms with Crippen molar-refractivity contribution < 1.29 is 39.8 Å². The van der Waals surface area contributed by atoms with Gasteiger partial charge in [0.25, 0.3) is 0 Å². The first-order chi connectivity index (χ1) is 35.8. The smallest absolute Gasteiger partial charge is 0.220 e. The van der Waals surface area contributed by atoms with Gasteiger partial charge in [-0.1, -0.05) is 301 Å². The third kappa shape index (κ3) is 43.1. The van der Waals surface area contributed by atoms with Crippen LogP contribution in [0.4, 0.5) is 0 Å². The monoisotopic (exact) mass is 1030 g/mol. The molecule has 1 rings (SSSR count). The van der Waals surface area contributed by atoms with E-state index >= 15 is 0 Å². The minimum Gasteiger partial charge on any atom is -0.394 e. The van der Waals surface area contributed by atoms with Crippen molar-refractivity contribution in [3.05, 3.63) is 36.5 Å². The first kappa shape index (κ1) is 69.4. The first-order valence-corrected chi connectivity index (χ1v) is 31.7. The molecule has 0 spiro atoms. The number of unbranched alkanes of at least 4 members (excludes halogenated alkanes) is 41. The van der Waals surface area contributed by atoms with Crippen molar-refractivity contribution in [2.45, 2.75) is 352 Å². The van der Waals surface area contributed by atoms with Gasteiger partial charge in [0.05, 0.1) is 25.4 Å². The number of hydrogen-bond acceptors (Lipinski definition) is 8. The van der Waals surface area contributed by atoms with Crippen molar-refractivity contribution >= 4 is 5.91 Å². The fraction of sp³-hybridized carbons (Fsp3) is 0.891. The summed E-state index contributed by atoms with van der Waals surface area (Å²) in [7, 11) is 0. The van der Waals surface area contributed by atoms with Gasteiger partial charge in [-0.05, 0) is 38.5 Å². The van der Waals surface area contributed by atoms with E-state index in [1.165, 1.54) is 231 Å². The maximum Gasteiger partial charge on any atom is 0.220 e. The zero-order valence-electron chi connectivity index (χ0n) is 47.9. The lowest BCUT2D eigenvalue weighted by atomic mass is 9.99. The van der Waals surface area contributed by atoms with E-state index in [0.717, 1.165) is 57.8 Å². The fourth-order valence-corrected chi connectivity index (χ4v) is 10.2. The number of nitrogens with one attached hydrogen (secondary N) is 1. The minimum absolute atomic E-state index is 0.188. The molecule has 0 aliphatic carbocycles. The summed E-state index contributed by atoms with van der Waals surface area (Å²) in [5.41, 5.74) is 0. The zero-order valence-corrected chi connectivity index (χ0v) is 47.9. The Morgan fingerprint density at radius 2 is 0.781 bits per heavy atom. The van der Waals surface area contributed by atoms with Crippen LogP contribution in [0.25, 0.3) is 0 Å². The highest BCUT2D eigenvalue weighted by molar-refractivity contribution is 5.76. The molecule has 0 saturated carbocycles. The van der Waals surface area contributed by atoms with E-state index in [4.69, 9.17) is 9.47 Å². The number of rotatable bonds is 55. The molecule has 9 nitrogen and oxygen atoms in total. The summed E-state index contributed by atoms with van der Waals surface area (Å²) >= 11 is 0. The molecule has 6 N–H and O–H groups in total. The molecule has 7 unspecified atom stereocenters. The second kappa shape index (κ2) is 53.8. The molecule has 0 aromatic heterocycles. The molecular formula is C64H121NO8. The summed E-state index contributed by atoms with van der Waals surface area (Å²) in [6.07, 6.45) is 64.3. The third-order valence-electron chi connectivity index (χ3n) is 15.2. The molecule has 1 heterocycles. The molecule has 1 aliphatic heterocycles. The van der Waals surface area contributed by atoms with E-state index in [-0.39, 0.29) is 12.5 Å². The number of carbonyl (C=O) groups is 1. The molecule has 73 heavy (non-hydrogen) atoms. The van der Waals surface area contributed by atoms with Crippen LogP contribution < -0.4 is 5.32 Å². The maximum absolute atomic E-state index is 13.0. The average molecular weight is 1030 g/mol. The van der Waals surface area contributed by atoms with Gasteiger partial charge in [-0.2, -0.15) is 0 Å². The molecule has 9 heteroatoms. The number of aliphatic hydroxyl groups excluding tert-OH is 5. The minimum atomic E-state index is -1.57. The summed E-state index contributed by atoms with van der Waals surface area (Å²) in [6.45, 7) is 3.70. The van der Waals surface area contributed by atoms with Crippen molar-refractivity contribution in [3.63, 3.8) is 0 Å². The Labute approximate surface area is 451 Å². The van der Waals surface area contributed by atoms with Crippen molar-refractivity contribution in [2.24, 2.45) is 0 Å². The predicted octanol–water partition coefficient (Wildman–Crippen LogP) is 16.3. The van der Waals surface area contributed by atoms with Gasteiger partial charge in [0.2, 0.25) is 5.91 Å². The zero-order chi connectivity index (χ0) is 52.9. The van der Waals surface area contributed by atoms with Crippen molar-refractivity contribution in [3.8, 4) is 0 Å². The molecule has 1 amide bonds. The van der Waals surface area contributed by atoms with Gasteiger partial charge >= 0.3 is 0 Å². The molecule has 0 aromatic carbocycles. The highest BCUT2D eigenvalue weighted by Crippen LogP contribution is 2.23. The van der Waals surface area contributed by atoms with Gasteiger partial charge < -0.3 is 40.3 Å². The number of aliphatic hydroxyl groups is 5. The van der Waals surface area contributed by atoms with Crippen LogP contribution in [0.2, 0.25) is 0 Å². The highest BCUT2D eigenvalue weighted by atomic mass is 16.7. The molecule has 7 atom stereocenters. The average Bonchev–Trinajstić information content (AvgIpc) is 3.39. The van der Waals surface area contributed by atoms with Gasteiger partial charge in [-0.3, -0.25) is 4.79 Å². The molecule has 1 fully saturated rings. The fourth-order valence-electron chi connectivity index (χ4n) is 10.2. The Morgan fingerprint density at radius 1 is 0.452 bits per heavy atom. The summed E-state index contributed by atoms with van der Waals surface area (Å²) in [6, 6.07) is -0.825. The molecule has 1 aliphatic rings.